The summed E-state index contributed by atoms with van der Waals surface area (Å²) in [5.41, 5.74) is 0.571. The third-order valence-corrected chi connectivity index (χ3v) is 3.78. The van der Waals surface area contributed by atoms with E-state index >= 15 is 0 Å². The van der Waals surface area contributed by atoms with E-state index in [-0.39, 0.29) is 16.2 Å². The van der Waals surface area contributed by atoms with Crippen molar-refractivity contribution in [1.29, 1.82) is 0 Å². The second-order valence-electron chi connectivity index (χ2n) is 4.57. The fourth-order valence-electron chi connectivity index (χ4n) is 2.21. The van der Waals surface area contributed by atoms with Gasteiger partial charge in [0.2, 0.25) is 0 Å². The monoisotopic (exact) mass is 312 g/mol. The first kappa shape index (κ1) is 15.3. The molecule has 0 radical (unpaired) electrons. The van der Waals surface area contributed by atoms with Gasteiger partial charge in [0.25, 0.3) is 0 Å². The molecule has 0 aliphatic carbocycles. The number of methoxy groups -OCH3 is 1. The van der Waals surface area contributed by atoms with Gasteiger partial charge in [-0.3, -0.25) is 0 Å². The first-order valence-electron chi connectivity index (χ1n) is 6.15. The Labute approximate surface area is 126 Å². The van der Waals surface area contributed by atoms with Crippen molar-refractivity contribution in [1.82, 2.24) is 10.2 Å². The summed E-state index contributed by atoms with van der Waals surface area (Å²) in [4.78, 5) is 25.2. The van der Waals surface area contributed by atoms with E-state index in [1.54, 1.807) is 6.92 Å². The maximum absolute atomic E-state index is 14.1. The molecule has 1 aromatic carbocycles. The van der Waals surface area contributed by atoms with Gasteiger partial charge in [-0.05, 0) is 19.1 Å². The maximum atomic E-state index is 14.1. The van der Waals surface area contributed by atoms with Crippen molar-refractivity contribution in [2.45, 2.75) is 13.0 Å². The van der Waals surface area contributed by atoms with Crippen LogP contribution < -0.4 is 5.32 Å². The Bertz CT molecular complexity index is 625. The van der Waals surface area contributed by atoms with E-state index in [9.17, 15) is 14.0 Å². The molecular weight excluding hydrogens is 299 g/mol. The smallest absolute Gasteiger partial charge is 0.337 e. The highest BCUT2D eigenvalue weighted by Crippen LogP contribution is 2.35. The molecule has 0 bridgehead atoms. The number of ether oxygens (including phenoxy) is 1. The first-order chi connectivity index (χ1) is 9.88. The van der Waals surface area contributed by atoms with Gasteiger partial charge in [-0.2, -0.15) is 0 Å². The molecule has 5 nitrogen and oxygen atoms in total. The Kier molecular flexibility index (Phi) is 4.18. The predicted octanol–water partition coefficient (Wildman–Crippen LogP) is 2.62. The van der Waals surface area contributed by atoms with E-state index in [1.165, 1.54) is 37.3 Å². The number of halogens is 2. The molecule has 1 aromatic rings. The van der Waals surface area contributed by atoms with Gasteiger partial charge in [0.15, 0.2) is 0 Å². The van der Waals surface area contributed by atoms with Gasteiger partial charge >= 0.3 is 12.0 Å². The van der Waals surface area contributed by atoms with Crippen molar-refractivity contribution >= 4 is 23.6 Å². The molecular formula is C14H14ClFN2O3. The molecule has 0 saturated heterocycles. The number of nitrogens with zero attached hydrogens (tertiary/aromatic N) is 1. The molecule has 1 heterocycles. The number of esters is 1. The molecule has 2 amide bonds. The zero-order chi connectivity index (χ0) is 15.7. The summed E-state index contributed by atoms with van der Waals surface area (Å²) >= 11 is 6.03. The van der Waals surface area contributed by atoms with Crippen LogP contribution in [0.25, 0.3) is 0 Å². The predicted molar refractivity (Wildman–Crippen MR) is 75.2 cm³/mol. The average molecular weight is 313 g/mol. The van der Waals surface area contributed by atoms with Crippen LogP contribution in [-0.4, -0.2) is 31.1 Å². The number of nitrogens with one attached hydrogen (secondary N) is 1. The van der Waals surface area contributed by atoms with Gasteiger partial charge < -0.3 is 15.0 Å². The Hall–Kier alpha value is -2.08. The summed E-state index contributed by atoms with van der Waals surface area (Å²) in [6.07, 6.45) is 0. The summed E-state index contributed by atoms with van der Waals surface area (Å²) in [5, 5.41) is 2.69. The lowest BCUT2D eigenvalue weighted by atomic mass is 9.94. The Morgan fingerprint density at radius 3 is 2.71 bits per heavy atom. The zero-order valence-corrected chi connectivity index (χ0v) is 12.5. The van der Waals surface area contributed by atoms with Crippen LogP contribution in [0.15, 0.2) is 29.5 Å². The molecule has 1 aliphatic rings. The molecule has 0 spiro atoms. The maximum Gasteiger partial charge on any atom is 0.337 e. The zero-order valence-electron chi connectivity index (χ0n) is 11.7. The molecule has 0 fully saturated rings. The van der Waals surface area contributed by atoms with E-state index < -0.39 is 23.9 Å². The van der Waals surface area contributed by atoms with Crippen LogP contribution in [-0.2, 0) is 9.53 Å². The molecule has 0 unspecified atom stereocenters. The largest absolute Gasteiger partial charge is 0.466 e. The lowest BCUT2D eigenvalue weighted by Gasteiger charge is -2.33. The fraction of sp³-hybridized carbons (Fsp3) is 0.286. The molecule has 112 valence electrons. The Morgan fingerprint density at radius 1 is 1.48 bits per heavy atom. The average Bonchev–Trinajstić information content (AvgIpc) is 2.44. The van der Waals surface area contributed by atoms with Gasteiger partial charge in [0.1, 0.15) is 5.82 Å². The van der Waals surface area contributed by atoms with Gasteiger partial charge in [-0.15, -0.1) is 0 Å². The SMILES string of the molecule is COC(=O)C1=C(C)N(C)C(=O)N[C@H]1c1c(F)cccc1Cl. The third-order valence-electron chi connectivity index (χ3n) is 3.45. The fourth-order valence-corrected chi connectivity index (χ4v) is 2.48. The molecule has 1 N–H and O–H groups in total. The molecule has 1 atom stereocenters. The van der Waals surface area contributed by atoms with Gasteiger partial charge in [-0.1, -0.05) is 17.7 Å². The van der Waals surface area contributed by atoms with Gasteiger partial charge in [0, 0.05) is 23.3 Å². The van der Waals surface area contributed by atoms with Crippen LogP contribution in [0.4, 0.5) is 9.18 Å². The summed E-state index contributed by atoms with van der Waals surface area (Å²) < 4.78 is 18.8. The number of carbonyl (C=O) groups excluding carboxylic acids is 2. The van der Waals surface area contributed by atoms with Crippen molar-refractivity contribution in [3.63, 3.8) is 0 Å². The van der Waals surface area contributed by atoms with Crippen LogP contribution in [0.1, 0.15) is 18.5 Å². The number of amides is 2. The lowest BCUT2D eigenvalue weighted by molar-refractivity contribution is -0.136. The van der Waals surface area contributed by atoms with Crippen LogP contribution in [0.3, 0.4) is 0 Å². The van der Waals surface area contributed by atoms with E-state index in [2.05, 4.69) is 5.32 Å². The quantitative estimate of drug-likeness (QED) is 0.854. The molecule has 0 saturated carbocycles. The standard InChI is InChI=1S/C14H14ClFN2O3/c1-7-10(13(19)21-3)12(17-14(20)18(7)2)11-8(15)5-4-6-9(11)16/h4-6,12H,1-3H3,(H,17,20)/t12-/m1/s1. The molecule has 1 aliphatic heterocycles. The van der Waals surface area contributed by atoms with Crippen molar-refractivity contribution in [2.75, 3.05) is 14.2 Å². The number of hydrogen-bond acceptors (Lipinski definition) is 3. The topological polar surface area (TPSA) is 58.6 Å². The third kappa shape index (κ3) is 2.58. The minimum atomic E-state index is -0.991. The van der Waals surface area contributed by atoms with E-state index in [0.717, 1.165) is 0 Å². The highest BCUT2D eigenvalue weighted by Gasteiger charge is 2.37. The van der Waals surface area contributed by atoms with Crippen LogP contribution in [0.2, 0.25) is 5.02 Å². The van der Waals surface area contributed by atoms with Crippen molar-refractivity contribution in [3.05, 3.63) is 45.9 Å². The van der Waals surface area contributed by atoms with Gasteiger partial charge in [-0.25, -0.2) is 14.0 Å². The summed E-state index contributed by atoms with van der Waals surface area (Å²) in [7, 11) is 2.73. The molecule has 0 aromatic heterocycles. The minimum absolute atomic E-state index is 0.0420. The molecule has 7 heteroatoms. The number of carbonyl (C=O) groups is 2. The summed E-state index contributed by atoms with van der Waals surface area (Å²) in [6.45, 7) is 1.59. The van der Waals surface area contributed by atoms with E-state index in [1.807, 2.05) is 0 Å². The summed E-state index contributed by atoms with van der Waals surface area (Å²) in [5.74, 6) is -1.25. The van der Waals surface area contributed by atoms with Crippen LogP contribution in [0, 0.1) is 5.82 Å². The minimum Gasteiger partial charge on any atom is -0.466 e. The van der Waals surface area contributed by atoms with Crippen LogP contribution >= 0.6 is 11.6 Å². The van der Waals surface area contributed by atoms with Crippen molar-refractivity contribution in [3.8, 4) is 0 Å². The van der Waals surface area contributed by atoms with Crippen LogP contribution in [0.5, 0.6) is 0 Å². The highest BCUT2D eigenvalue weighted by molar-refractivity contribution is 6.31. The number of hydrogen-bond donors (Lipinski definition) is 1. The number of urea groups is 1. The molecule has 21 heavy (non-hydrogen) atoms. The van der Waals surface area contributed by atoms with E-state index in [4.69, 9.17) is 16.3 Å². The van der Waals surface area contributed by atoms with Crippen molar-refractivity contribution in [2.24, 2.45) is 0 Å². The number of benzene rings is 1. The second kappa shape index (κ2) is 5.73. The molecule has 2 rings (SSSR count). The van der Waals surface area contributed by atoms with Gasteiger partial charge in [0.05, 0.1) is 18.7 Å². The van der Waals surface area contributed by atoms with E-state index in [0.29, 0.717) is 5.70 Å². The normalized spacial score (nSPS) is 18.6. The highest BCUT2D eigenvalue weighted by atomic mass is 35.5. The lowest BCUT2D eigenvalue weighted by Crippen LogP contribution is -2.46. The Morgan fingerprint density at radius 2 is 2.14 bits per heavy atom. The Balaban J connectivity index is 2.65. The summed E-state index contributed by atoms with van der Waals surface area (Å²) in [6, 6.07) is 2.72. The number of allylic oxidation sites excluding steroid dienone is 1. The van der Waals surface area contributed by atoms with Crippen molar-refractivity contribution < 1.29 is 18.7 Å². The second-order valence-corrected chi connectivity index (χ2v) is 4.97. The first-order valence-corrected chi connectivity index (χ1v) is 6.53. The number of rotatable bonds is 2.